The van der Waals surface area contributed by atoms with Crippen molar-refractivity contribution in [1.82, 2.24) is 20.2 Å². The number of carbonyl (C=O) groups is 1. The van der Waals surface area contributed by atoms with Gasteiger partial charge in [-0.3, -0.25) is 4.72 Å². The number of aromatic nitrogens is 4. The number of hydrogen-bond donors (Lipinski definition) is 1. The second kappa shape index (κ2) is 9.05. The summed E-state index contributed by atoms with van der Waals surface area (Å²) >= 11 is 0. The fraction of sp³-hybridized carbons (Fsp3) is 0.391. The van der Waals surface area contributed by atoms with Gasteiger partial charge in [0.25, 0.3) is 10.0 Å². The maximum Gasteiger partial charge on any atom is 0.337 e. The minimum atomic E-state index is -4.05. The maximum absolute atomic E-state index is 13.6. The number of nitrogens with zero attached hydrogens (tertiary/aromatic N) is 4. The van der Waals surface area contributed by atoms with Gasteiger partial charge in [-0.05, 0) is 90.8 Å². The third-order valence-electron chi connectivity index (χ3n) is 6.16. The molecule has 5 rings (SSSR count). The van der Waals surface area contributed by atoms with Gasteiger partial charge in [-0.25, -0.2) is 17.9 Å². The topological polar surface area (TPSA) is 125 Å². The van der Waals surface area contributed by atoms with Gasteiger partial charge in [0.1, 0.15) is 12.1 Å². The van der Waals surface area contributed by atoms with Crippen LogP contribution < -0.4 is 9.46 Å². The number of sulfonamides is 1. The highest BCUT2D eigenvalue weighted by molar-refractivity contribution is 7.92. The number of anilines is 1. The molecule has 1 heterocycles. The van der Waals surface area contributed by atoms with Crippen molar-refractivity contribution >= 4 is 21.7 Å². The van der Waals surface area contributed by atoms with Crippen LogP contribution in [0.5, 0.6) is 5.75 Å². The van der Waals surface area contributed by atoms with Gasteiger partial charge in [-0.2, -0.15) is 0 Å². The molecule has 0 unspecified atom stereocenters. The van der Waals surface area contributed by atoms with Gasteiger partial charge in [0.2, 0.25) is 0 Å². The average Bonchev–Trinajstić information content (AvgIpc) is 3.29. The molecule has 0 spiro atoms. The first-order chi connectivity index (χ1) is 16.4. The molecule has 1 aromatic heterocycles. The summed E-state index contributed by atoms with van der Waals surface area (Å²) in [6, 6.07) is 9.81. The van der Waals surface area contributed by atoms with Crippen LogP contribution in [0.15, 0.2) is 47.6 Å². The quantitative estimate of drug-likeness (QED) is 0.483. The Morgan fingerprint density at radius 3 is 2.56 bits per heavy atom. The number of rotatable bonds is 8. The minimum absolute atomic E-state index is 0.0341. The Labute approximate surface area is 197 Å². The van der Waals surface area contributed by atoms with E-state index in [1.54, 1.807) is 30.3 Å². The molecule has 3 aromatic rings. The predicted molar refractivity (Wildman–Crippen MR) is 123 cm³/mol. The van der Waals surface area contributed by atoms with Crippen LogP contribution in [0.2, 0.25) is 0 Å². The molecule has 34 heavy (non-hydrogen) atoms. The predicted octanol–water partition coefficient (Wildman–Crippen LogP) is 3.45. The van der Waals surface area contributed by atoms with Crippen molar-refractivity contribution in [3.05, 3.63) is 53.9 Å². The largest absolute Gasteiger partial charge is 0.488 e. The highest BCUT2D eigenvalue weighted by Gasteiger charge is 2.32. The van der Waals surface area contributed by atoms with Crippen molar-refractivity contribution in [3.63, 3.8) is 0 Å². The molecule has 2 aromatic carbocycles. The maximum atomic E-state index is 13.6. The summed E-state index contributed by atoms with van der Waals surface area (Å²) < 4.78 is 42.4. The van der Waals surface area contributed by atoms with Crippen molar-refractivity contribution in [2.45, 2.75) is 55.4 Å². The van der Waals surface area contributed by atoms with Gasteiger partial charge in [-0.1, -0.05) is 6.07 Å². The van der Waals surface area contributed by atoms with Crippen molar-refractivity contribution < 1.29 is 22.7 Å². The highest BCUT2D eigenvalue weighted by Crippen LogP contribution is 2.44. The van der Waals surface area contributed by atoms with Gasteiger partial charge in [0.05, 0.1) is 35.0 Å². The zero-order valence-electron chi connectivity index (χ0n) is 18.7. The number of methoxy groups -OCH3 is 1. The van der Waals surface area contributed by atoms with Crippen LogP contribution in [0.1, 0.15) is 60.4 Å². The number of ether oxygens (including phenoxy) is 2. The van der Waals surface area contributed by atoms with Gasteiger partial charge < -0.3 is 9.47 Å². The summed E-state index contributed by atoms with van der Waals surface area (Å²) in [4.78, 5) is 12.2. The molecule has 1 N–H and O–H groups in total. The lowest BCUT2D eigenvalue weighted by molar-refractivity contribution is 0.0600. The van der Waals surface area contributed by atoms with Gasteiger partial charge in [0, 0.05) is 0 Å². The van der Waals surface area contributed by atoms with Crippen LogP contribution in [-0.2, 0) is 14.8 Å². The molecule has 2 aliphatic rings. The average molecular weight is 484 g/mol. The Kier molecular flexibility index (Phi) is 5.94. The van der Waals surface area contributed by atoms with E-state index in [4.69, 9.17) is 9.47 Å². The standard InChI is InChI=1S/C23H25N5O5S/c1-32-23(29)16-8-10-19(15-6-7-15)22(12-16)34(30,31)25-20-13-17(28-14-24-26-27-28)9-11-21(20)33-18-4-2-3-5-18/h8-15,18,25H,2-7H2,1H3. The lowest BCUT2D eigenvalue weighted by atomic mass is 10.1. The summed E-state index contributed by atoms with van der Waals surface area (Å²) in [6.07, 6.45) is 7.29. The Morgan fingerprint density at radius 2 is 1.88 bits per heavy atom. The molecular weight excluding hydrogens is 458 g/mol. The molecule has 11 heteroatoms. The minimum Gasteiger partial charge on any atom is -0.488 e. The molecule has 2 aliphatic carbocycles. The van der Waals surface area contributed by atoms with E-state index >= 15 is 0 Å². The summed E-state index contributed by atoms with van der Waals surface area (Å²) in [6.45, 7) is 0. The van der Waals surface area contributed by atoms with Crippen molar-refractivity contribution in [2.75, 3.05) is 11.8 Å². The van der Waals surface area contributed by atoms with E-state index < -0.39 is 16.0 Å². The van der Waals surface area contributed by atoms with Crippen molar-refractivity contribution in [3.8, 4) is 11.4 Å². The monoisotopic (exact) mass is 483 g/mol. The summed E-state index contributed by atoms with van der Waals surface area (Å²) in [5, 5.41) is 11.2. The number of hydrogen-bond acceptors (Lipinski definition) is 8. The van der Waals surface area contributed by atoms with E-state index in [-0.39, 0.29) is 28.2 Å². The Bertz CT molecular complexity index is 1300. The van der Waals surface area contributed by atoms with Crippen LogP contribution in [0.25, 0.3) is 5.69 Å². The Hall–Kier alpha value is -3.47. The van der Waals surface area contributed by atoms with E-state index in [1.807, 2.05) is 0 Å². The molecule has 2 fully saturated rings. The third-order valence-corrected chi connectivity index (χ3v) is 7.58. The normalized spacial score (nSPS) is 16.4. The molecule has 0 saturated heterocycles. The van der Waals surface area contributed by atoms with E-state index in [1.165, 1.54) is 24.2 Å². The zero-order valence-corrected chi connectivity index (χ0v) is 19.5. The molecule has 10 nitrogen and oxygen atoms in total. The molecule has 2 saturated carbocycles. The smallest absolute Gasteiger partial charge is 0.337 e. The first-order valence-electron chi connectivity index (χ1n) is 11.2. The summed E-state index contributed by atoms with van der Waals surface area (Å²) in [5.41, 5.74) is 1.73. The van der Waals surface area contributed by atoms with Gasteiger partial charge in [0.15, 0.2) is 0 Å². The number of carbonyl (C=O) groups excluding carboxylic acids is 1. The van der Waals surface area contributed by atoms with Crippen LogP contribution in [0.4, 0.5) is 5.69 Å². The van der Waals surface area contributed by atoms with E-state index in [9.17, 15) is 13.2 Å². The lowest BCUT2D eigenvalue weighted by Gasteiger charge is -2.19. The first kappa shape index (κ1) is 22.3. The fourth-order valence-electron chi connectivity index (χ4n) is 4.25. The molecule has 0 atom stereocenters. The van der Waals surface area contributed by atoms with Gasteiger partial charge >= 0.3 is 5.97 Å². The first-order valence-corrected chi connectivity index (χ1v) is 12.7. The second-order valence-electron chi connectivity index (χ2n) is 8.58. The lowest BCUT2D eigenvalue weighted by Crippen LogP contribution is -2.18. The number of nitrogens with one attached hydrogen (secondary N) is 1. The summed E-state index contributed by atoms with van der Waals surface area (Å²) in [7, 11) is -2.79. The molecule has 0 amide bonds. The molecular formula is C23H25N5O5S. The number of benzene rings is 2. The van der Waals surface area contributed by atoms with Crippen molar-refractivity contribution in [1.29, 1.82) is 0 Å². The Morgan fingerprint density at radius 1 is 1.09 bits per heavy atom. The molecule has 0 radical (unpaired) electrons. The van der Waals surface area contributed by atoms with Gasteiger partial charge in [-0.15, -0.1) is 5.10 Å². The van der Waals surface area contributed by atoms with E-state index in [0.717, 1.165) is 38.5 Å². The van der Waals surface area contributed by atoms with E-state index in [0.29, 0.717) is 17.0 Å². The van der Waals surface area contributed by atoms with E-state index in [2.05, 4.69) is 20.2 Å². The van der Waals surface area contributed by atoms with Crippen LogP contribution in [0, 0.1) is 0 Å². The molecule has 0 aliphatic heterocycles. The molecule has 178 valence electrons. The number of esters is 1. The summed E-state index contributed by atoms with van der Waals surface area (Å²) in [5.74, 6) is -0.00540. The van der Waals surface area contributed by atoms with Crippen molar-refractivity contribution in [2.24, 2.45) is 0 Å². The second-order valence-corrected chi connectivity index (χ2v) is 10.2. The zero-order chi connectivity index (χ0) is 23.7. The Balaban J connectivity index is 1.54. The highest BCUT2D eigenvalue weighted by atomic mass is 32.2. The third kappa shape index (κ3) is 4.60. The molecule has 0 bridgehead atoms. The van der Waals surface area contributed by atoms with Crippen LogP contribution in [0.3, 0.4) is 0 Å². The van der Waals surface area contributed by atoms with Crippen LogP contribution in [-0.4, -0.2) is 47.8 Å². The number of tetrazole rings is 1. The van der Waals surface area contributed by atoms with Crippen LogP contribution >= 0.6 is 0 Å². The fourth-order valence-corrected chi connectivity index (χ4v) is 5.64. The SMILES string of the molecule is COC(=O)c1ccc(C2CC2)c(S(=O)(=O)Nc2cc(-n3cnnn3)ccc2OC2CCCC2)c1.